The highest BCUT2D eigenvalue weighted by Crippen LogP contribution is 2.61. The summed E-state index contributed by atoms with van der Waals surface area (Å²) in [7, 11) is -15.1. The molecule has 1 aromatic carbocycles. The number of benzene rings is 1. The molecule has 170 valence electrons. The van der Waals surface area contributed by atoms with Crippen LogP contribution in [-0.2, 0) is 42.9 Å². The molecule has 2 bridgehead atoms. The highest BCUT2D eigenvalue weighted by Gasteiger charge is 2.62. The van der Waals surface area contributed by atoms with Gasteiger partial charge in [-0.1, -0.05) is 30.3 Å². The zero-order chi connectivity index (χ0) is 22.3. The van der Waals surface area contributed by atoms with Gasteiger partial charge in [-0.2, -0.15) is 0 Å². The van der Waals surface area contributed by atoms with Crippen molar-refractivity contribution in [3.8, 4) is 0 Å². The highest BCUT2D eigenvalue weighted by atomic mass is 31.2. The van der Waals surface area contributed by atoms with Gasteiger partial charge < -0.3 is 29.8 Å². The van der Waals surface area contributed by atoms with E-state index in [9.17, 15) is 23.9 Å². The molecule has 0 radical (unpaired) electrons. The lowest BCUT2D eigenvalue weighted by Gasteiger charge is -2.50. The van der Waals surface area contributed by atoms with E-state index in [4.69, 9.17) is 33.1 Å². The van der Waals surface area contributed by atoms with Gasteiger partial charge in [0.25, 0.3) is 0 Å². The van der Waals surface area contributed by atoms with Gasteiger partial charge in [0.2, 0.25) is 0 Å². The van der Waals surface area contributed by atoms with Crippen molar-refractivity contribution in [2.24, 2.45) is 0 Å². The lowest BCUT2D eigenvalue weighted by molar-refractivity contribution is -0.233. The van der Waals surface area contributed by atoms with Crippen molar-refractivity contribution in [2.45, 2.75) is 43.2 Å². The van der Waals surface area contributed by atoms with E-state index in [2.05, 4.69) is 9.05 Å². The molecule has 6 N–H and O–H groups in total. The van der Waals surface area contributed by atoms with Crippen LogP contribution in [0.3, 0.4) is 0 Å². The first kappa shape index (κ1) is 24.1. The van der Waals surface area contributed by atoms with Crippen LogP contribution in [0.4, 0.5) is 0 Å². The van der Waals surface area contributed by atoms with Crippen molar-refractivity contribution in [1.82, 2.24) is 0 Å². The molecule has 1 unspecified atom stereocenters. The predicted molar refractivity (Wildman–Crippen MR) is 94.4 cm³/mol. The number of aliphatic hydroxyl groups is 2. The van der Waals surface area contributed by atoms with E-state index < -0.39 is 60.1 Å². The minimum atomic E-state index is -5.30. The predicted octanol–water partition coefficient (Wildman–Crippen LogP) is -0.214. The summed E-state index contributed by atoms with van der Waals surface area (Å²) in [5.74, 6) is 0. The molecular weight excluding hydrogens is 473 g/mol. The summed E-state index contributed by atoms with van der Waals surface area (Å²) in [6.45, 7) is -0.301. The van der Waals surface area contributed by atoms with Crippen molar-refractivity contribution in [3.63, 3.8) is 0 Å². The van der Waals surface area contributed by atoms with Crippen LogP contribution in [0.2, 0.25) is 0 Å². The smallest absolute Gasteiger partial charge is 0.387 e. The van der Waals surface area contributed by atoms with Gasteiger partial charge in [-0.15, -0.1) is 0 Å². The van der Waals surface area contributed by atoms with Gasteiger partial charge in [0, 0.05) is 0 Å². The van der Waals surface area contributed by atoms with Gasteiger partial charge in [-0.05, 0) is 5.56 Å². The van der Waals surface area contributed by atoms with E-state index in [0.29, 0.717) is 5.56 Å². The van der Waals surface area contributed by atoms with Gasteiger partial charge in [0.15, 0.2) is 0 Å². The number of rotatable bonds is 7. The number of phosphoric acid groups is 3. The summed E-state index contributed by atoms with van der Waals surface area (Å²) >= 11 is 0. The summed E-state index contributed by atoms with van der Waals surface area (Å²) in [4.78, 5) is 36.4. The van der Waals surface area contributed by atoms with Crippen molar-refractivity contribution in [3.05, 3.63) is 35.9 Å². The third-order valence-electron chi connectivity index (χ3n) is 4.25. The third-order valence-corrected chi connectivity index (χ3v) is 6.73. The monoisotopic (exact) mass is 492 g/mol. The van der Waals surface area contributed by atoms with Gasteiger partial charge >= 0.3 is 23.5 Å². The van der Waals surface area contributed by atoms with Crippen LogP contribution in [0.25, 0.3) is 0 Å². The van der Waals surface area contributed by atoms with E-state index in [1.54, 1.807) is 30.3 Å². The summed E-state index contributed by atoms with van der Waals surface area (Å²) in [6.07, 6.45) is -11.9. The lowest BCUT2D eigenvalue weighted by atomic mass is 9.85. The fourth-order valence-corrected chi connectivity index (χ4v) is 5.74. The molecule has 0 amide bonds. The molecular formula is C13H19O14P3. The molecule has 14 nitrogen and oxygen atoms in total. The normalized spacial score (nSPS) is 37.1. The van der Waals surface area contributed by atoms with E-state index >= 15 is 0 Å². The van der Waals surface area contributed by atoms with Gasteiger partial charge in [-0.3, -0.25) is 22.6 Å². The lowest BCUT2D eigenvalue weighted by Crippen LogP contribution is -2.67. The molecule has 2 aliphatic rings. The molecule has 7 atom stereocenters. The molecule has 1 aromatic rings. The van der Waals surface area contributed by atoms with E-state index in [1.807, 2.05) is 0 Å². The van der Waals surface area contributed by atoms with Gasteiger partial charge in [0.05, 0.1) is 6.61 Å². The molecule has 1 saturated carbocycles. The van der Waals surface area contributed by atoms with Crippen molar-refractivity contribution in [1.29, 1.82) is 0 Å². The number of hydrogen-bond acceptors (Lipinski definition) is 10. The molecule has 1 aliphatic carbocycles. The molecule has 0 spiro atoms. The van der Waals surface area contributed by atoms with Crippen LogP contribution in [0, 0.1) is 0 Å². The minimum absolute atomic E-state index is 0.301. The first-order chi connectivity index (χ1) is 13.8. The first-order valence-electron chi connectivity index (χ1n) is 8.27. The van der Waals surface area contributed by atoms with Crippen molar-refractivity contribution in [2.75, 3.05) is 0 Å². The summed E-state index contributed by atoms with van der Waals surface area (Å²) in [6, 6.07) is 8.29. The highest BCUT2D eigenvalue weighted by molar-refractivity contribution is 7.48. The average molecular weight is 492 g/mol. The second kappa shape index (κ2) is 8.78. The molecule has 1 saturated heterocycles. The maximum atomic E-state index is 12.9. The van der Waals surface area contributed by atoms with Crippen LogP contribution in [0.5, 0.6) is 0 Å². The standard InChI is InChI=1S/C13H19O14P3/c14-8-9(15)11-12(25-29(19,20)21)13(10(8)24-28(16,17)18)27-30(22,26-11)23-6-7-4-2-1-3-5-7/h1-5,8-15H,6H2,(H2,16,17,18)(H2,19,20,21)/t8-,9+,10-,11-,12+,13+,30?/m1/s1. The topological polar surface area (TPSA) is 219 Å². The van der Waals surface area contributed by atoms with Crippen LogP contribution in [-0.4, -0.2) is 66.4 Å². The number of aliphatic hydroxyl groups excluding tert-OH is 2. The summed E-state index contributed by atoms with van der Waals surface area (Å²) in [5, 5.41) is 20.4. The number of phosphoric ester groups is 3. The van der Waals surface area contributed by atoms with Crippen molar-refractivity contribution >= 4 is 23.5 Å². The Morgan fingerprint density at radius 1 is 0.867 bits per heavy atom. The average Bonchev–Trinajstić information content (AvgIpc) is 2.63. The Labute approximate surface area is 169 Å². The van der Waals surface area contributed by atoms with Gasteiger partial charge in [-0.25, -0.2) is 13.7 Å². The second-order valence-corrected chi connectivity index (χ2v) is 10.4. The fourth-order valence-electron chi connectivity index (χ4n) is 3.06. The Bertz CT molecular complexity index is 856. The van der Waals surface area contributed by atoms with Crippen molar-refractivity contribution < 1.29 is 66.1 Å². The minimum Gasteiger partial charge on any atom is -0.387 e. The van der Waals surface area contributed by atoms with Crippen LogP contribution >= 0.6 is 23.5 Å². The second-order valence-electron chi connectivity index (χ2n) is 6.45. The maximum absolute atomic E-state index is 12.9. The fraction of sp³-hybridized carbons (Fsp3) is 0.538. The molecule has 3 rings (SSSR count). The molecule has 0 aromatic heterocycles. The third kappa shape index (κ3) is 5.83. The zero-order valence-corrected chi connectivity index (χ0v) is 17.5. The Morgan fingerprint density at radius 3 is 1.97 bits per heavy atom. The Hall–Kier alpha value is -0.530. The maximum Gasteiger partial charge on any atom is 0.476 e. The molecule has 1 aliphatic heterocycles. The first-order valence-corrected chi connectivity index (χ1v) is 12.8. The molecule has 2 fully saturated rings. The Morgan fingerprint density at radius 2 is 1.40 bits per heavy atom. The van der Waals surface area contributed by atoms with E-state index in [0.717, 1.165) is 0 Å². The van der Waals surface area contributed by atoms with Crippen LogP contribution < -0.4 is 0 Å². The number of hydrogen-bond donors (Lipinski definition) is 6. The molecule has 1 heterocycles. The van der Waals surface area contributed by atoms with E-state index in [-0.39, 0.29) is 6.61 Å². The SMILES string of the molecule is O=P(O)(O)O[C@@H]1[C@H]2OP(=O)(OCc3ccccc3)O[C@@H]1[C@@H](O)[C@@H](O)[C@H]2OP(=O)(O)O. The van der Waals surface area contributed by atoms with E-state index in [1.165, 1.54) is 0 Å². The largest absolute Gasteiger partial charge is 0.476 e. The molecule has 30 heavy (non-hydrogen) atoms. The summed E-state index contributed by atoms with van der Waals surface area (Å²) in [5.41, 5.74) is 0.544. The Balaban J connectivity index is 1.90. The zero-order valence-electron chi connectivity index (χ0n) is 14.8. The quantitative estimate of drug-likeness (QED) is 0.271. The van der Waals surface area contributed by atoms with Gasteiger partial charge in [0.1, 0.15) is 36.6 Å². The van der Waals surface area contributed by atoms with Crippen LogP contribution in [0.15, 0.2) is 30.3 Å². The molecule has 17 heteroatoms. The van der Waals surface area contributed by atoms with Crippen LogP contribution in [0.1, 0.15) is 5.56 Å². The number of fused-ring (bicyclic) bond motifs is 2. The summed E-state index contributed by atoms with van der Waals surface area (Å²) < 4.78 is 59.8. The Kier molecular flexibility index (Phi) is 7.06.